The average Bonchev–Trinajstić information content (AvgIpc) is 2.03. The van der Waals surface area contributed by atoms with Crippen LogP contribution >= 0.6 is 0 Å². The van der Waals surface area contributed by atoms with E-state index in [0.29, 0.717) is 12.0 Å². The molecule has 0 bridgehead atoms. The minimum Gasteiger partial charge on any atom is -0.336 e. The van der Waals surface area contributed by atoms with Gasteiger partial charge in [0.25, 0.3) is 0 Å². The molecule has 13 heavy (non-hydrogen) atoms. The summed E-state index contributed by atoms with van der Waals surface area (Å²) in [7, 11) is 0. The Balaban J connectivity index is 2.79. The Morgan fingerprint density at radius 2 is 2.23 bits per heavy atom. The molecule has 0 aromatic carbocycles. The van der Waals surface area contributed by atoms with Crippen LogP contribution in [0.4, 0.5) is 0 Å². The van der Waals surface area contributed by atoms with E-state index in [2.05, 4.69) is 26.8 Å². The van der Waals surface area contributed by atoms with Gasteiger partial charge in [-0.1, -0.05) is 19.9 Å². The second kappa shape index (κ2) is 3.95. The minimum atomic E-state index is 0.193. The Labute approximate surface area is 80.6 Å². The average molecular weight is 181 g/mol. The van der Waals surface area contributed by atoms with Gasteiger partial charge in [-0.05, 0) is 24.8 Å². The Morgan fingerprint density at radius 1 is 1.62 bits per heavy atom. The van der Waals surface area contributed by atoms with E-state index in [-0.39, 0.29) is 5.91 Å². The fourth-order valence-corrected chi connectivity index (χ4v) is 2.06. The van der Waals surface area contributed by atoms with Crippen molar-refractivity contribution in [1.82, 2.24) is 4.90 Å². The summed E-state index contributed by atoms with van der Waals surface area (Å²) < 4.78 is 0. The summed E-state index contributed by atoms with van der Waals surface area (Å²) in [6.07, 6.45) is 3.30. The van der Waals surface area contributed by atoms with Crippen molar-refractivity contribution in [3.05, 3.63) is 11.6 Å². The first-order valence-corrected chi connectivity index (χ1v) is 5.01. The lowest BCUT2D eigenvalue weighted by molar-refractivity contribution is -0.130. The van der Waals surface area contributed by atoms with Gasteiger partial charge in [-0.15, -0.1) is 0 Å². The van der Waals surface area contributed by atoms with Crippen LogP contribution in [0.25, 0.3) is 0 Å². The normalized spacial score (nSPS) is 23.3. The van der Waals surface area contributed by atoms with E-state index >= 15 is 0 Å². The molecular weight excluding hydrogens is 162 g/mol. The summed E-state index contributed by atoms with van der Waals surface area (Å²) in [5, 5.41) is 0. The van der Waals surface area contributed by atoms with E-state index in [4.69, 9.17) is 0 Å². The molecular formula is C11H19NO. The molecule has 2 nitrogen and oxygen atoms in total. The highest BCUT2D eigenvalue weighted by atomic mass is 16.2. The maximum absolute atomic E-state index is 11.3. The fourth-order valence-electron chi connectivity index (χ4n) is 2.06. The van der Waals surface area contributed by atoms with Gasteiger partial charge in [-0.3, -0.25) is 4.79 Å². The van der Waals surface area contributed by atoms with Crippen LogP contribution in [-0.2, 0) is 4.79 Å². The van der Waals surface area contributed by atoms with E-state index in [9.17, 15) is 4.79 Å². The number of amides is 1. The molecule has 0 N–H and O–H groups in total. The Kier molecular flexibility index (Phi) is 3.12. The Morgan fingerprint density at radius 3 is 2.69 bits per heavy atom. The van der Waals surface area contributed by atoms with Crippen LogP contribution in [0.5, 0.6) is 0 Å². The Bertz CT molecular complexity index is 230. The van der Waals surface area contributed by atoms with Crippen LogP contribution in [0.2, 0.25) is 0 Å². The second-order valence-corrected chi connectivity index (χ2v) is 4.04. The molecule has 0 unspecified atom stereocenters. The highest BCUT2D eigenvalue weighted by Crippen LogP contribution is 2.23. The molecule has 0 aliphatic carbocycles. The van der Waals surface area contributed by atoms with Gasteiger partial charge in [0.1, 0.15) is 0 Å². The molecule has 0 aromatic rings. The third-order valence-corrected chi connectivity index (χ3v) is 2.77. The zero-order valence-electron chi connectivity index (χ0n) is 9.00. The largest absolute Gasteiger partial charge is 0.336 e. The van der Waals surface area contributed by atoms with Crippen molar-refractivity contribution < 1.29 is 4.79 Å². The van der Waals surface area contributed by atoms with Gasteiger partial charge in [0.15, 0.2) is 0 Å². The maximum atomic E-state index is 11.3. The predicted molar refractivity (Wildman–Crippen MR) is 54.4 cm³/mol. The predicted octanol–water partition coefficient (Wildman–Crippen LogP) is 2.21. The molecule has 0 saturated heterocycles. The topological polar surface area (TPSA) is 20.3 Å². The van der Waals surface area contributed by atoms with Gasteiger partial charge in [-0.25, -0.2) is 0 Å². The number of carbonyl (C=O) groups excluding carboxylic acids is 1. The molecule has 1 aliphatic rings. The molecule has 1 aliphatic heterocycles. The van der Waals surface area contributed by atoms with Gasteiger partial charge < -0.3 is 4.90 Å². The van der Waals surface area contributed by atoms with Crippen molar-refractivity contribution in [2.75, 3.05) is 6.54 Å². The van der Waals surface area contributed by atoms with Crippen molar-refractivity contribution in [1.29, 1.82) is 0 Å². The van der Waals surface area contributed by atoms with Gasteiger partial charge in [0.05, 0.1) is 6.04 Å². The third kappa shape index (κ3) is 2.11. The monoisotopic (exact) mass is 181 g/mol. The van der Waals surface area contributed by atoms with E-state index in [1.807, 2.05) is 4.90 Å². The third-order valence-electron chi connectivity index (χ3n) is 2.77. The standard InChI is InChI=1S/C11H19NO/c1-8(2)11-6-5-7-12(9(11)3)10(4)13/h6,8-9H,5,7H2,1-4H3/t9-/m0/s1. The van der Waals surface area contributed by atoms with Crippen LogP contribution in [0.15, 0.2) is 11.6 Å². The van der Waals surface area contributed by atoms with E-state index in [1.165, 1.54) is 5.57 Å². The SMILES string of the molecule is CC(=O)N1CCC=C(C(C)C)[C@@H]1C. The van der Waals surface area contributed by atoms with Crippen LogP contribution in [0.1, 0.15) is 34.1 Å². The van der Waals surface area contributed by atoms with E-state index < -0.39 is 0 Å². The lowest BCUT2D eigenvalue weighted by Crippen LogP contribution is -2.42. The summed E-state index contributed by atoms with van der Waals surface area (Å²) in [6, 6.07) is 0.297. The molecule has 1 heterocycles. The number of hydrogen-bond donors (Lipinski definition) is 0. The van der Waals surface area contributed by atoms with Crippen LogP contribution in [0, 0.1) is 5.92 Å². The molecule has 2 heteroatoms. The number of hydrogen-bond acceptors (Lipinski definition) is 1. The molecule has 1 amide bonds. The maximum Gasteiger partial charge on any atom is 0.219 e. The van der Waals surface area contributed by atoms with Crippen molar-refractivity contribution in [2.45, 2.75) is 40.2 Å². The zero-order chi connectivity index (χ0) is 10.0. The molecule has 0 spiro atoms. The van der Waals surface area contributed by atoms with Crippen molar-refractivity contribution in [3.63, 3.8) is 0 Å². The van der Waals surface area contributed by atoms with Gasteiger partial charge >= 0.3 is 0 Å². The molecule has 0 saturated carbocycles. The summed E-state index contributed by atoms with van der Waals surface area (Å²) in [6.45, 7) is 9.02. The quantitative estimate of drug-likeness (QED) is 0.568. The number of rotatable bonds is 1. The highest BCUT2D eigenvalue weighted by molar-refractivity contribution is 5.74. The van der Waals surface area contributed by atoms with Gasteiger partial charge in [0, 0.05) is 13.5 Å². The highest BCUT2D eigenvalue weighted by Gasteiger charge is 2.24. The summed E-state index contributed by atoms with van der Waals surface area (Å²) in [5.41, 5.74) is 1.40. The van der Waals surface area contributed by atoms with Crippen LogP contribution in [-0.4, -0.2) is 23.4 Å². The molecule has 1 rings (SSSR count). The van der Waals surface area contributed by atoms with Crippen molar-refractivity contribution in [2.24, 2.45) is 5.92 Å². The molecule has 1 atom stereocenters. The first-order chi connectivity index (χ1) is 6.04. The summed E-state index contributed by atoms with van der Waals surface area (Å²) in [5.74, 6) is 0.746. The zero-order valence-corrected chi connectivity index (χ0v) is 9.00. The van der Waals surface area contributed by atoms with Gasteiger partial charge in [0.2, 0.25) is 5.91 Å². The van der Waals surface area contributed by atoms with Crippen molar-refractivity contribution >= 4 is 5.91 Å². The van der Waals surface area contributed by atoms with Crippen LogP contribution < -0.4 is 0 Å². The molecule has 0 aromatic heterocycles. The number of nitrogens with zero attached hydrogens (tertiary/aromatic N) is 1. The lowest BCUT2D eigenvalue weighted by atomic mass is 9.92. The fraction of sp³-hybridized carbons (Fsp3) is 0.727. The molecule has 0 radical (unpaired) electrons. The van der Waals surface area contributed by atoms with Gasteiger partial charge in [-0.2, -0.15) is 0 Å². The summed E-state index contributed by atoms with van der Waals surface area (Å²) >= 11 is 0. The summed E-state index contributed by atoms with van der Waals surface area (Å²) in [4.78, 5) is 13.2. The minimum absolute atomic E-state index is 0.193. The molecule has 74 valence electrons. The van der Waals surface area contributed by atoms with E-state index in [0.717, 1.165) is 13.0 Å². The smallest absolute Gasteiger partial charge is 0.219 e. The van der Waals surface area contributed by atoms with Crippen LogP contribution in [0.3, 0.4) is 0 Å². The van der Waals surface area contributed by atoms with Crippen molar-refractivity contribution in [3.8, 4) is 0 Å². The number of carbonyl (C=O) groups is 1. The Hall–Kier alpha value is -0.790. The lowest BCUT2D eigenvalue weighted by Gasteiger charge is -2.35. The molecule has 0 fully saturated rings. The second-order valence-electron chi connectivity index (χ2n) is 4.04. The first kappa shape index (κ1) is 10.3. The first-order valence-electron chi connectivity index (χ1n) is 5.01. The van der Waals surface area contributed by atoms with E-state index in [1.54, 1.807) is 6.92 Å².